The highest BCUT2D eigenvalue weighted by molar-refractivity contribution is 5.37. The van der Waals surface area contributed by atoms with E-state index in [-0.39, 0.29) is 5.82 Å². The fraction of sp³-hybridized carbons (Fsp3) is 0.300. The Labute approximate surface area is 77.0 Å². The molecule has 0 aliphatic carbocycles. The van der Waals surface area contributed by atoms with Gasteiger partial charge in [0.05, 0.1) is 11.6 Å². The lowest BCUT2D eigenvalue weighted by atomic mass is 10.1. The van der Waals surface area contributed by atoms with Crippen molar-refractivity contribution in [3.05, 3.63) is 35.1 Å². The second kappa shape index (κ2) is 4.58. The van der Waals surface area contributed by atoms with Crippen LogP contribution in [0.15, 0.2) is 18.2 Å². The van der Waals surface area contributed by atoms with Gasteiger partial charge in [0.25, 0.3) is 0 Å². The van der Waals surface area contributed by atoms with E-state index in [9.17, 15) is 4.39 Å². The van der Waals surface area contributed by atoms with Crippen LogP contribution in [-0.4, -0.2) is 6.54 Å². The first-order chi connectivity index (χ1) is 6.27. The summed E-state index contributed by atoms with van der Waals surface area (Å²) < 4.78 is 12.7. The molecule has 3 heteroatoms. The highest BCUT2D eigenvalue weighted by Crippen LogP contribution is 2.09. The van der Waals surface area contributed by atoms with Crippen LogP contribution in [0.25, 0.3) is 0 Å². The average Bonchev–Trinajstić information content (AvgIpc) is 2.16. The van der Waals surface area contributed by atoms with Gasteiger partial charge in [-0.25, -0.2) is 4.39 Å². The van der Waals surface area contributed by atoms with Crippen molar-refractivity contribution in [2.75, 3.05) is 6.54 Å². The summed E-state index contributed by atoms with van der Waals surface area (Å²) in [7, 11) is 0. The van der Waals surface area contributed by atoms with E-state index in [1.165, 1.54) is 12.1 Å². The molecule has 2 nitrogen and oxygen atoms in total. The van der Waals surface area contributed by atoms with Crippen LogP contribution in [0.5, 0.6) is 0 Å². The van der Waals surface area contributed by atoms with Crippen LogP contribution in [0, 0.1) is 17.1 Å². The number of benzene rings is 1. The Morgan fingerprint density at radius 3 is 2.92 bits per heavy atom. The zero-order valence-electron chi connectivity index (χ0n) is 7.47. The maximum absolute atomic E-state index is 12.7. The topological polar surface area (TPSA) is 35.8 Å². The molecule has 0 saturated heterocycles. The van der Waals surface area contributed by atoms with E-state index < -0.39 is 0 Å². The predicted octanol–water partition coefficient (Wildman–Crippen LogP) is 1.81. The molecule has 0 amide bonds. The van der Waals surface area contributed by atoms with E-state index in [4.69, 9.17) is 5.26 Å². The highest BCUT2D eigenvalue weighted by Gasteiger charge is 2.01. The first kappa shape index (κ1) is 9.69. The second-order valence-electron chi connectivity index (χ2n) is 2.69. The van der Waals surface area contributed by atoms with Crippen molar-refractivity contribution in [2.24, 2.45) is 0 Å². The van der Waals surface area contributed by atoms with E-state index in [1.54, 1.807) is 6.07 Å². The molecule has 0 fully saturated rings. The highest BCUT2D eigenvalue weighted by atomic mass is 19.1. The minimum atomic E-state index is -0.364. The third-order valence-corrected chi connectivity index (χ3v) is 1.76. The number of nitriles is 1. The third-order valence-electron chi connectivity index (χ3n) is 1.76. The summed E-state index contributed by atoms with van der Waals surface area (Å²) in [5, 5.41) is 11.8. The van der Waals surface area contributed by atoms with Crippen LogP contribution < -0.4 is 5.32 Å². The third kappa shape index (κ3) is 2.53. The van der Waals surface area contributed by atoms with Gasteiger partial charge in [0, 0.05) is 6.54 Å². The van der Waals surface area contributed by atoms with Crippen molar-refractivity contribution in [1.29, 1.82) is 5.26 Å². The maximum atomic E-state index is 12.7. The molecular weight excluding hydrogens is 167 g/mol. The van der Waals surface area contributed by atoms with Gasteiger partial charge in [0.2, 0.25) is 0 Å². The minimum Gasteiger partial charge on any atom is -0.313 e. The first-order valence-corrected chi connectivity index (χ1v) is 4.17. The molecule has 0 unspecified atom stereocenters. The zero-order chi connectivity index (χ0) is 9.68. The van der Waals surface area contributed by atoms with Crippen molar-refractivity contribution in [1.82, 2.24) is 5.32 Å². The summed E-state index contributed by atoms with van der Waals surface area (Å²) in [6.45, 7) is 3.43. The molecule has 0 aromatic heterocycles. The van der Waals surface area contributed by atoms with Crippen molar-refractivity contribution >= 4 is 0 Å². The molecule has 0 heterocycles. The number of nitrogens with zero attached hydrogens (tertiary/aromatic N) is 1. The smallest absolute Gasteiger partial charge is 0.124 e. The SMILES string of the molecule is CCNCc1ccc(F)cc1C#N. The number of hydrogen-bond acceptors (Lipinski definition) is 2. The lowest BCUT2D eigenvalue weighted by Crippen LogP contribution is -2.12. The van der Waals surface area contributed by atoms with E-state index in [0.29, 0.717) is 12.1 Å². The van der Waals surface area contributed by atoms with E-state index in [0.717, 1.165) is 12.1 Å². The Morgan fingerprint density at radius 1 is 1.54 bits per heavy atom. The van der Waals surface area contributed by atoms with Crippen molar-refractivity contribution in [2.45, 2.75) is 13.5 Å². The van der Waals surface area contributed by atoms with E-state index >= 15 is 0 Å². The number of hydrogen-bond donors (Lipinski definition) is 1. The molecule has 0 aliphatic heterocycles. The van der Waals surface area contributed by atoms with Crippen molar-refractivity contribution in [3.63, 3.8) is 0 Å². The maximum Gasteiger partial charge on any atom is 0.124 e. The lowest BCUT2D eigenvalue weighted by Gasteiger charge is -2.03. The van der Waals surface area contributed by atoms with Gasteiger partial charge in [-0.05, 0) is 24.2 Å². The molecule has 13 heavy (non-hydrogen) atoms. The fourth-order valence-electron chi connectivity index (χ4n) is 1.07. The van der Waals surface area contributed by atoms with Gasteiger partial charge in [-0.1, -0.05) is 13.0 Å². The van der Waals surface area contributed by atoms with Crippen molar-refractivity contribution in [3.8, 4) is 6.07 Å². The molecule has 1 rings (SSSR count). The molecule has 0 spiro atoms. The van der Waals surface area contributed by atoms with E-state index in [2.05, 4.69) is 5.32 Å². The Bertz CT molecular complexity index is 328. The fourth-order valence-corrected chi connectivity index (χ4v) is 1.07. The Morgan fingerprint density at radius 2 is 2.31 bits per heavy atom. The van der Waals surface area contributed by atoms with Crippen LogP contribution in [0.4, 0.5) is 4.39 Å². The predicted molar refractivity (Wildman–Crippen MR) is 48.5 cm³/mol. The van der Waals surface area contributed by atoms with Crippen molar-refractivity contribution < 1.29 is 4.39 Å². The number of rotatable bonds is 3. The summed E-state index contributed by atoms with van der Waals surface area (Å²) in [6, 6.07) is 6.23. The summed E-state index contributed by atoms with van der Waals surface area (Å²) in [4.78, 5) is 0. The molecule has 1 aromatic rings. The molecular formula is C10H11FN2. The number of halogens is 1. The standard InChI is InChI=1S/C10H11FN2/c1-2-13-7-8-3-4-10(11)5-9(8)6-12/h3-5,13H,2,7H2,1H3. The zero-order valence-corrected chi connectivity index (χ0v) is 7.47. The van der Waals surface area contributed by atoms with Gasteiger partial charge in [-0.2, -0.15) is 5.26 Å². The molecule has 0 radical (unpaired) electrons. The summed E-state index contributed by atoms with van der Waals surface area (Å²) >= 11 is 0. The molecule has 68 valence electrons. The van der Waals surface area contributed by atoms with Crippen LogP contribution in [0.2, 0.25) is 0 Å². The van der Waals surface area contributed by atoms with Crippen LogP contribution >= 0.6 is 0 Å². The monoisotopic (exact) mass is 178 g/mol. The quantitative estimate of drug-likeness (QED) is 0.766. The first-order valence-electron chi connectivity index (χ1n) is 4.17. The summed E-state index contributed by atoms with van der Waals surface area (Å²) in [6.07, 6.45) is 0. The van der Waals surface area contributed by atoms with E-state index in [1.807, 2.05) is 13.0 Å². The van der Waals surface area contributed by atoms with Gasteiger partial charge in [-0.3, -0.25) is 0 Å². The minimum absolute atomic E-state index is 0.364. The van der Waals surface area contributed by atoms with Gasteiger partial charge in [0.1, 0.15) is 5.82 Å². The lowest BCUT2D eigenvalue weighted by molar-refractivity contribution is 0.625. The average molecular weight is 178 g/mol. The van der Waals surface area contributed by atoms with Crippen LogP contribution in [0.1, 0.15) is 18.1 Å². The summed E-state index contributed by atoms with van der Waals surface area (Å²) in [5.41, 5.74) is 1.24. The van der Waals surface area contributed by atoms with Crippen LogP contribution in [-0.2, 0) is 6.54 Å². The Balaban J connectivity index is 2.88. The van der Waals surface area contributed by atoms with Gasteiger partial charge < -0.3 is 5.32 Å². The Hall–Kier alpha value is -1.40. The number of nitrogens with one attached hydrogen (secondary N) is 1. The molecule has 0 saturated carbocycles. The van der Waals surface area contributed by atoms with Gasteiger partial charge >= 0.3 is 0 Å². The van der Waals surface area contributed by atoms with Crippen LogP contribution in [0.3, 0.4) is 0 Å². The second-order valence-corrected chi connectivity index (χ2v) is 2.69. The Kier molecular flexibility index (Phi) is 3.41. The van der Waals surface area contributed by atoms with Gasteiger partial charge in [0.15, 0.2) is 0 Å². The molecule has 0 aliphatic rings. The molecule has 0 bridgehead atoms. The summed E-state index contributed by atoms with van der Waals surface area (Å²) in [5.74, 6) is -0.364. The molecule has 0 atom stereocenters. The molecule has 1 aromatic carbocycles. The van der Waals surface area contributed by atoms with Gasteiger partial charge in [-0.15, -0.1) is 0 Å². The normalized spacial score (nSPS) is 9.62. The largest absolute Gasteiger partial charge is 0.313 e. The molecule has 1 N–H and O–H groups in total.